The number of ether oxygens (including phenoxy) is 3. The van der Waals surface area contributed by atoms with Crippen LogP contribution in [0.5, 0.6) is 17.2 Å². The summed E-state index contributed by atoms with van der Waals surface area (Å²) in [5.74, 6) is 3.12. The van der Waals surface area contributed by atoms with Crippen molar-refractivity contribution in [3.05, 3.63) is 81.0 Å². The maximum absolute atomic E-state index is 12.2. The number of benzene rings is 2. The van der Waals surface area contributed by atoms with Crippen LogP contribution in [0.3, 0.4) is 0 Å². The van der Waals surface area contributed by atoms with E-state index in [1.807, 2.05) is 25.1 Å². The minimum atomic E-state index is -0.123. The van der Waals surface area contributed by atoms with Crippen molar-refractivity contribution in [2.45, 2.75) is 32.2 Å². The molecule has 2 heterocycles. The van der Waals surface area contributed by atoms with Gasteiger partial charge in [0.25, 0.3) is 5.56 Å². The largest absolute Gasteiger partial charge is 0.496 e. The Kier molecular flexibility index (Phi) is 6.70. The van der Waals surface area contributed by atoms with Crippen LogP contribution in [-0.2, 0) is 6.54 Å². The summed E-state index contributed by atoms with van der Waals surface area (Å²) < 4.78 is 16.6. The SMILES string of the molecule is COc1ccc(C)cc1CN1C[C@@H](c2ccc(OC)c(OC)c2)[C@H](c2cc(=O)[nH]c(C)n2)C1. The van der Waals surface area contributed by atoms with Crippen molar-refractivity contribution in [3.63, 3.8) is 0 Å². The van der Waals surface area contributed by atoms with Crippen LogP contribution in [0.1, 0.15) is 40.0 Å². The van der Waals surface area contributed by atoms with E-state index in [4.69, 9.17) is 19.2 Å². The number of nitrogens with one attached hydrogen (secondary N) is 1. The van der Waals surface area contributed by atoms with Crippen molar-refractivity contribution in [2.24, 2.45) is 0 Å². The van der Waals surface area contributed by atoms with Gasteiger partial charge in [-0.15, -0.1) is 0 Å². The van der Waals surface area contributed by atoms with E-state index in [0.29, 0.717) is 17.3 Å². The maximum atomic E-state index is 12.2. The van der Waals surface area contributed by atoms with Crippen LogP contribution in [0.15, 0.2) is 47.3 Å². The molecule has 1 aliphatic heterocycles. The topological polar surface area (TPSA) is 76.7 Å². The van der Waals surface area contributed by atoms with Crippen LogP contribution in [0, 0.1) is 13.8 Å². The Balaban J connectivity index is 1.71. The van der Waals surface area contributed by atoms with Crippen molar-refractivity contribution >= 4 is 0 Å². The van der Waals surface area contributed by atoms with E-state index in [9.17, 15) is 4.79 Å². The molecule has 2 aromatic carbocycles. The second-order valence-corrected chi connectivity index (χ2v) is 8.59. The Labute approximate surface area is 194 Å². The number of nitrogens with zero attached hydrogens (tertiary/aromatic N) is 2. The fraction of sp³-hybridized carbons (Fsp3) is 0.385. The van der Waals surface area contributed by atoms with E-state index in [1.54, 1.807) is 27.4 Å². The zero-order valence-corrected chi connectivity index (χ0v) is 19.8. The van der Waals surface area contributed by atoms with Gasteiger partial charge in [0.15, 0.2) is 11.5 Å². The first-order valence-corrected chi connectivity index (χ1v) is 11.1. The fourth-order valence-corrected chi connectivity index (χ4v) is 4.80. The molecule has 2 atom stereocenters. The standard InChI is InChI=1S/C26H31N3O4/c1-16-6-8-23(31-3)19(10-16)13-29-14-20(18-7-9-24(32-4)25(11-18)33-5)21(15-29)22-12-26(30)28-17(2)27-22/h6-12,20-21H,13-15H2,1-5H3,(H,27,28,30)/t20-,21+/m0/s1. The first-order chi connectivity index (χ1) is 15.9. The van der Waals surface area contributed by atoms with Gasteiger partial charge >= 0.3 is 0 Å². The quantitative estimate of drug-likeness (QED) is 0.591. The van der Waals surface area contributed by atoms with E-state index in [0.717, 1.165) is 42.2 Å². The molecule has 174 valence electrons. The number of aryl methyl sites for hydroxylation is 2. The Morgan fingerprint density at radius 2 is 1.61 bits per heavy atom. The van der Waals surface area contributed by atoms with E-state index in [-0.39, 0.29) is 17.4 Å². The van der Waals surface area contributed by atoms with Crippen LogP contribution in [0.2, 0.25) is 0 Å². The second-order valence-electron chi connectivity index (χ2n) is 8.59. The Bertz CT molecular complexity index is 1190. The Morgan fingerprint density at radius 3 is 2.30 bits per heavy atom. The second kappa shape index (κ2) is 9.67. The van der Waals surface area contributed by atoms with Gasteiger partial charge < -0.3 is 19.2 Å². The number of H-pyrrole nitrogens is 1. The minimum absolute atomic E-state index is 0.0694. The molecule has 1 aromatic heterocycles. The molecule has 7 nitrogen and oxygen atoms in total. The summed E-state index contributed by atoms with van der Waals surface area (Å²) in [6.07, 6.45) is 0. The zero-order valence-electron chi connectivity index (χ0n) is 19.8. The predicted molar refractivity (Wildman–Crippen MR) is 128 cm³/mol. The van der Waals surface area contributed by atoms with E-state index < -0.39 is 0 Å². The summed E-state index contributed by atoms with van der Waals surface area (Å²) in [5, 5.41) is 0. The first-order valence-electron chi connectivity index (χ1n) is 11.1. The van der Waals surface area contributed by atoms with Gasteiger partial charge in [-0.3, -0.25) is 9.69 Å². The average molecular weight is 450 g/mol. The summed E-state index contributed by atoms with van der Waals surface area (Å²) in [4.78, 5) is 22.1. The van der Waals surface area contributed by atoms with Crippen molar-refractivity contribution in [3.8, 4) is 17.2 Å². The molecule has 0 aliphatic carbocycles. The third-order valence-electron chi connectivity index (χ3n) is 6.32. The lowest BCUT2D eigenvalue weighted by Crippen LogP contribution is -2.21. The molecule has 0 amide bonds. The molecular weight excluding hydrogens is 418 g/mol. The van der Waals surface area contributed by atoms with Gasteiger partial charge in [-0.2, -0.15) is 0 Å². The minimum Gasteiger partial charge on any atom is -0.496 e. The number of aromatic amines is 1. The fourth-order valence-electron chi connectivity index (χ4n) is 4.80. The van der Waals surface area contributed by atoms with Crippen LogP contribution in [0.4, 0.5) is 0 Å². The molecule has 1 saturated heterocycles. The van der Waals surface area contributed by atoms with Crippen LogP contribution in [-0.4, -0.2) is 49.3 Å². The Morgan fingerprint density at radius 1 is 0.909 bits per heavy atom. The number of hydrogen-bond donors (Lipinski definition) is 1. The third-order valence-corrected chi connectivity index (χ3v) is 6.32. The van der Waals surface area contributed by atoms with E-state index in [2.05, 4.69) is 35.0 Å². The number of likely N-dealkylation sites (tertiary alicyclic amines) is 1. The lowest BCUT2D eigenvalue weighted by atomic mass is 9.86. The van der Waals surface area contributed by atoms with Crippen molar-refractivity contribution in [2.75, 3.05) is 34.4 Å². The molecule has 1 fully saturated rings. The van der Waals surface area contributed by atoms with Gasteiger partial charge in [0.2, 0.25) is 0 Å². The molecule has 1 N–H and O–H groups in total. The molecule has 0 radical (unpaired) electrons. The summed E-state index contributed by atoms with van der Waals surface area (Å²) in [5.41, 5.74) is 4.18. The highest BCUT2D eigenvalue weighted by Gasteiger charge is 2.36. The van der Waals surface area contributed by atoms with E-state index in [1.165, 1.54) is 5.56 Å². The van der Waals surface area contributed by atoms with Crippen LogP contribution < -0.4 is 19.8 Å². The zero-order chi connectivity index (χ0) is 23.5. The van der Waals surface area contributed by atoms with Crippen molar-refractivity contribution in [1.29, 1.82) is 0 Å². The van der Waals surface area contributed by atoms with Crippen LogP contribution >= 0.6 is 0 Å². The summed E-state index contributed by atoms with van der Waals surface area (Å²) in [6.45, 7) is 6.27. The molecule has 33 heavy (non-hydrogen) atoms. The predicted octanol–water partition coefficient (Wildman–Crippen LogP) is 3.80. The van der Waals surface area contributed by atoms with Crippen LogP contribution in [0.25, 0.3) is 0 Å². The van der Waals surface area contributed by atoms with E-state index >= 15 is 0 Å². The lowest BCUT2D eigenvalue weighted by Gasteiger charge is -2.20. The highest BCUT2D eigenvalue weighted by atomic mass is 16.5. The molecule has 0 saturated carbocycles. The molecule has 7 heteroatoms. The number of hydrogen-bond acceptors (Lipinski definition) is 6. The number of aromatic nitrogens is 2. The molecule has 4 rings (SSSR count). The summed E-state index contributed by atoms with van der Waals surface area (Å²) in [7, 11) is 4.98. The van der Waals surface area contributed by atoms with Crippen molar-refractivity contribution < 1.29 is 14.2 Å². The summed E-state index contributed by atoms with van der Waals surface area (Å²) in [6, 6.07) is 13.9. The normalized spacial score (nSPS) is 18.3. The van der Waals surface area contributed by atoms with Gasteiger partial charge in [0.1, 0.15) is 11.6 Å². The van der Waals surface area contributed by atoms with Gasteiger partial charge in [-0.1, -0.05) is 23.8 Å². The lowest BCUT2D eigenvalue weighted by molar-refractivity contribution is 0.313. The number of methoxy groups -OCH3 is 3. The molecule has 3 aromatic rings. The molecule has 0 bridgehead atoms. The van der Waals surface area contributed by atoms with Gasteiger partial charge in [-0.05, 0) is 37.6 Å². The summed E-state index contributed by atoms with van der Waals surface area (Å²) >= 11 is 0. The molecular formula is C26H31N3O4. The average Bonchev–Trinajstić information content (AvgIpc) is 3.22. The molecule has 0 unspecified atom stereocenters. The van der Waals surface area contributed by atoms with Gasteiger partial charge in [0, 0.05) is 43.1 Å². The molecule has 0 spiro atoms. The highest BCUT2D eigenvalue weighted by molar-refractivity contribution is 5.45. The van der Waals surface area contributed by atoms with Crippen molar-refractivity contribution in [1.82, 2.24) is 14.9 Å². The number of rotatable bonds is 7. The third kappa shape index (κ3) is 4.88. The maximum Gasteiger partial charge on any atom is 0.251 e. The Hall–Kier alpha value is -3.32. The monoisotopic (exact) mass is 449 g/mol. The van der Waals surface area contributed by atoms with Gasteiger partial charge in [-0.25, -0.2) is 4.98 Å². The smallest absolute Gasteiger partial charge is 0.251 e. The molecule has 1 aliphatic rings. The highest BCUT2D eigenvalue weighted by Crippen LogP contribution is 2.42. The van der Waals surface area contributed by atoms with Gasteiger partial charge in [0.05, 0.1) is 27.0 Å². The first kappa shape index (κ1) is 22.9.